The average Bonchev–Trinajstić information content (AvgIpc) is 2.67. The van der Waals surface area contributed by atoms with Gasteiger partial charge in [-0.25, -0.2) is 9.97 Å². The highest BCUT2D eigenvalue weighted by Gasteiger charge is 2.24. The van der Waals surface area contributed by atoms with E-state index in [4.69, 9.17) is 11.6 Å². The highest BCUT2D eigenvalue weighted by molar-refractivity contribution is 6.32. The molecule has 6 nitrogen and oxygen atoms in total. The second-order valence-electron chi connectivity index (χ2n) is 6.14. The largest absolute Gasteiger partial charge is 0.383 e. The first-order chi connectivity index (χ1) is 12.2. The molecule has 0 bridgehead atoms. The van der Waals surface area contributed by atoms with Crippen molar-refractivity contribution in [1.29, 1.82) is 0 Å². The lowest BCUT2D eigenvalue weighted by atomic mass is 9.97. The minimum atomic E-state index is -0.0290. The zero-order valence-corrected chi connectivity index (χ0v) is 15.0. The average molecular weight is 360 g/mol. The van der Waals surface area contributed by atoms with Gasteiger partial charge < -0.3 is 15.5 Å². The second-order valence-corrected chi connectivity index (χ2v) is 6.50. The monoisotopic (exact) mass is 359 g/mol. The summed E-state index contributed by atoms with van der Waals surface area (Å²) >= 11 is 6.16. The number of rotatable bonds is 5. The van der Waals surface area contributed by atoms with Crippen LogP contribution in [0.1, 0.15) is 23.2 Å². The Labute approximate surface area is 152 Å². The van der Waals surface area contributed by atoms with E-state index in [1.807, 2.05) is 37.4 Å². The van der Waals surface area contributed by atoms with Gasteiger partial charge in [0, 0.05) is 32.2 Å². The van der Waals surface area contributed by atoms with Gasteiger partial charge in [-0.05, 0) is 30.9 Å². The third-order valence-electron chi connectivity index (χ3n) is 4.44. The van der Waals surface area contributed by atoms with E-state index in [9.17, 15) is 4.79 Å². The summed E-state index contributed by atoms with van der Waals surface area (Å²) in [5.41, 5.74) is 1.44. The van der Waals surface area contributed by atoms with Crippen LogP contribution in [0.2, 0.25) is 5.15 Å². The summed E-state index contributed by atoms with van der Waals surface area (Å²) < 4.78 is 0. The molecule has 0 aliphatic carbocycles. The standard InChI is InChI=1S/C18H22ClN5O/c1-20-15-16(19)22-12-23-17(15)24-9-5-6-13(11-24)10-21-18(25)14-7-3-2-4-8-14/h2-4,7-8,12-13,20H,5-6,9-11H2,1H3,(H,21,25). The molecule has 1 aromatic carbocycles. The van der Waals surface area contributed by atoms with Crippen LogP contribution in [0, 0.1) is 5.92 Å². The van der Waals surface area contributed by atoms with Gasteiger partial charge in [-0.3, -0.25) is 4.79 Å². The Morgan fingerprint density at radius 3 is 2.88 bits per heavy atom. The van der Waals surface area contributed by atoms with Crippen LogP contribution >= 0.6 is 11.6 Å². The maximum absolute atomic E-state index is 12.2. The molecule has 7 heteroatoms. The van der Waals surface area contributed by atoms with Crippen molar-refractivity contribution in [1.82, 2.24) is 15.3 Å². The van der Waals surface area contributed by atoms with Gasteiger partial charge in [0.25, 0.3) is 5.91 Å². The van der Waals surface area contributed by atoms with Gasteiger partial charge in [0.05, 0.1) is 0 Å². The molecule has 1 aliphatic rings. The lowest BCUT2D eigenvalue weighted by molar-refractivity contribution is 0.0945. The van der Waals surface area contributed by atoms with Gasteiger partial charge in [-0.1, -0.05) is 29.8 Å². The van der Waals surface area contributed by atoms with Crippen molar-refractivity contribution >= 4 is 29.0 Å². The summed E-state index contributed by atoms with van der Waals surface area (Å²) in [4.78, 5) is 22.8. The number of piperidine rings is 1. The Balaban J connectivity index is 1.62. The second kappa shape index (κ2) is 8.16. The summed E-state index contributed by atoms with van der Waals surface area (Å²) in [6.45, 7) is 2.40. The molecule has 1 aromatic heterocycles. The van der Waals surface area contributed by atoms with Crippen LogP contribution in [0.15, 0.2) is 36.7 Å². The normalized spacial score (nSPS) is 17.2. The Kier molecular flexibility index (Phi) is 5.71. The number of carbonyl (C=O) groups excluding carboxylic acids is 1. The van der Waals surface area contributed by atoms with Crippen LogP contribution in [-0.2, 0) is 0 Å². The fraction of sp³-hybridized carbons (Fsp3) is 0.389. The highest BCUT2D eigenvalue weighted by atomic mass is 35.5. The van der Waals surface area contributed by atoms with Crippen LogP contribution in [0.5, 0.6) is 0 Å². The molecule has 0 spiro atoms. The number of amides is 1. The van der Waals surface area contributed by atoms with E-state index < -0.39 is 0 Å². The Bertz CT molecular complexity index is 725. The van der Waals surface area contributed by atoms with Gasteiger partial charge in [0.1, 0.15) is 12.0 Å². The Morgan fingerprint density at radius 1 is 1.32 bits per heavy atom. The zero-order valence-electron chi connectivity index (χ0n) is 14.2. The summed E-state index contributed by atoms with van der Waals surface area (Å²) in [7, 11) is 1.82. The molecule has 2 N–H and O–H groups in total. The van der Waals surface area contributed by atoms with Crippen LogP contribution in [0.3, 0.4) is 0 Å². The van der Waals surface area contributed by atoms with Gasteiger partial charge >= 0.3 is 0 Å². The molecule has 1 atom stereocenters. The van der Waals surface area contributed by atoms with Crippen molar-refractivity contribution in [2.45, 2.75) is 12.8 Å². The number of anilines is 2. The third-order valence-corrected chi connectivity index (χ3v) is 4.72. The number of nitrogens with one attached hydrogen (secondary N) is 2. The summed E-state index contributed by atoms with van der Waals surface area (Å²) in [6, 6.07) is 9.29. The van der Waals surface area contributed by atoms with Gasteiger partial charge in [-0.15, -0.1) is 0 Å². The van der Waals surface area contributed by atoms with E-state index >= 15 is 0 Å². The number of hydrogen-bond acceptors (Lipinski definition) is 5. The number of hydrogen-bond donors (Lipinski definition) is 2. The Hall–Kier alpha value is -2.34. The summed E-state index contributed by atoms with van der Waals surface area (Å²) in [5.74, 6) is 1.17. The van der Waals surface area contributed by atoms with E-state index in [-0.39, 0.29) is 5.91 Å². The quantitative estimate of drug-likeness (QED) is 0.803. The molecule has 2 aromatic rings. The molecule has 1 unspecified atom stereocenters. The van der Waals surface area contributed by atoms with Crippen LogP contribution in [0.25, 0.3) is 0 Å². The molecule has 132 valence electrons. The number of carbonyl (C=O) groups is 1. The molecular formula is C18H22ClN5O. The van der Waals surface area contributed by atoms with E-state index in [2.05, 4.69) is 25.5 Å². The van der Waals surface area contributed by atoms with E-state index in [0.717, 1.165) is 37.4 Å². The SMILES string of the molecule is CNc1c(Cl)ncnc1N1CCCC(CNC(=O)c2ccccc2)C1. The smallest absolute Gasteiger partial charge is 0.251 e. The topological polar surface area (TPSA) is 70.2 Å². The summed E-state index contributed by atoms with van der Waals surface area (Å²) in [5, 5.41) is 6.54. The van der Waals surface area contributed by atoms with Crippen molar-refractivity contribution in [3.05, 3.63) is 47.4 Å². The van der Waals surface area contributed by atoms with Crippen molar-refractivity contribution in [2.24, 2.45) is 5.92 Å². The van der Waals surface area contributed by atoms with Gasteiger partial charge in [0.2, 0.25) is 0 Å². The minimum Gasteiger partial charge on any atom is -0.383 e. The molecule has 2 heterocycles. The fourth-order valence-electron chi connectivity index (χ4n) is 3.16. The molecule has 1 fully saturated rings. The molecule has 1 aliphatic heterocycles. The molecule has 25 heavy (non-hydrogen) atoms. The Morgan fingerprint density at radius 2 is 2.12 bits per heavy atom. The van der Waals surface area contributed by atoms with Gasteiger partial charge in [0.15, 0.2) is 11.0 Å². The van der Waals surface area contributed by atoms with Crippen molar-refractivity contribution < 1.29 is 4.79 Å². The maximum atomic E-state index is 12.2. The zero-order chi connectivity index (χ0) is 17.6. The molecule has 0 saturated carbocycles. The van der Waals surface area contributed by atoms with E-state index in [1.54, 1.807) is 0 Å². The molecular weight excluding hydrogens is 338 g/mol. The first-order valence-electron chi connectivity index (χ1n) is 8.45. The molecule has 1 amide bonds. The minimum absolute atomic E-state index is 0.0290. The number of halogens is 1. The van der Waals surface area contributed by atoms with Crippen molar-refractivity contribution in [3.8, 4) is 0 Å². The maximum Gasteiger partial charge on any atom is 0.251 e. The first kappa shape index (κ1) is 17.5. The van der Waals surface area contributed by atoms with E-state index in [0.29, 0.717) is 23.2 Å². The first-order valence-corrected chi connectivity index (χ1v) is 8.83. The van der Waals surface area contributed by atoms with Crippen molar-refractivity contribution in [3.63, 3.8) is 0 Å². The summed E-state index contributed by atoms with van der Waals surface area (Å²) in [6.07, 6.45) is 3.62. The number of nitrogens with zero attached hydrogens (tertiary/aromatic N) is 3. The van der Waals surface area contributed by atoms with Crippen LogP contribution in [0.4, 0.5) is 11.5 Å². The van der Waals surface area contributed by atoms with Gasteiger partial charge in [-0.2, -0.15) is 0 Å². The fourth-order valence-corrected chi connectivity index (χ4v) is 3.39. The third kappa shape index (κ3) is 4.20. The lowest BCUT2D eigenvalue weighted by Crippen LogP contribution is -2.41. The highest BCUT2D eigenvalue weighted by Crippen LogP contribution is 2.31. The van der Waals surface area contributed by atoms with E-state index in [1.165, 1.54) is 6.33 Å². The predicted octanol–water partition coefficient (Wildman–Crippen LogP) is 2.82. The van der Waals surface area contributed by atoms with Crippen molar-refractivity contribution in [2.75, 3.05) is 36.9 Å². The predicted molar refractivity (Wildman–Crippen MR) is 100 cm³/mol. The number of benzene rings is 1. The molecule has 1 saturated heterocycles. The lowest BCUT2D eigenvalue weighted by Gasteiger charge is -2.34. The molecule has 0 radical (unpaired) electrons. The van der Waals surface area contributed by atoms with Crippen LogP contribution in [-0.4, -0.2) is 42.6 Å². The number of aromatic nitrogens is 2. The molecule has 3 rings (SSSR count). The van der Waals surface area contributed by atoms with Crippen LogP contribution < -0.4 is 15.5 Å².